The van der Waals surface area contributed by atoms with Gasteiger partial charge in [-0.3, -0.25) is 9.78 Å². The van der Waals surface area contributed by atoms with Crippen molar-refractivity contribution in [3.63, 3.8) is 0 Å². The number of anilines is 3. The quantitative estimate of drug-likeness (QED) is 0.727. The van der Waals surface area contributed by atoms with Gasteiger partial charge in [-0.1, -0.05) is 29.8 Å². The van der Waals surface area contributed by atoms with Crippen molar-refractivity contribution in [2.45, 2.75) is 13.8 Å². The van der Waals surface area contributed by atoms with Crippen molar-refractivity contribution in [3.05, 3.63) is 83.7 Å². The number of aryl methyl sites for hydroxylation is 2. The molecule has 4 rings (SSSR count). The molecule has 1 saturated heterocycles. The zero-order chi connectivity index (χ0) is 20.2. The number of nitrogens with one attached hydrogen (secondary N) is 1. The van der Waals surface area contributed by atoms with E-state index in [0.29, 0.717) is 5.56 Å². The summed E-state index contributed by atoms with van der Waals surface area (Å²) in [7, 11) is 0. The molecule has 148 valence electrons. The smallest absolute Gasteiger partial charge is 0.257 e. The molecule has 0 saturated carbocycles. The van der Waals surface area contributed by atoms with Crippen LogP contribution in [0.4, 0.5) is 17.1 Å². The van der Waals surface area contributed by atoms with E-state index >= 15 is 0 Å². The Morgan fingerprint density at radius 3 is 2.21 bits per heavy atom. The van der Waals surface area contributed by atoms with Crippen LogP contribution in [0.5, 0.6) is 0 Å². The van der Waals surface area contributed by atoms with Crippen LogP contribution < -0.4 is 15.1 Å². The normalized spacial score (nSPS) is 14.0. The molecule has 1 fully saturated rings. The predicted molar refractivity (Wildman–Crippen MR) is 119 cm³/mol. The van der Waals surface area contributed by atoms with E-state index in [1.54, 1.807) is 6.20 Å². The fraction of sp³-hybridized carbons (Fsp3) is 0.250. The van der Waals surface area contributed by atoms with Gasteiger partial charge in [-0.15, -0.1) is 0 Å². The molecule has 3 aromatic rings. The largest absolute Gasteiger partial charge is 0.368 e. The highest BCUT2D eigenvalue weighted by Gasteiger charge is 2.19. The van der Waals surface area contributed by atoms with Gasteiger partial charge in [0.25, 0.3) is 5.91 Å². The summed E-state index contributed by atoms with van der Waals surface area (Å²) in [5.41, 5.74) is 6.07. The number of hydrogen-bond acceptors (Lipinski definition) is 4. The Bertz CT molecular complexity index is 992. The van der Waals surface area contributed by atoms with Crippen LogP contribution in [0.2, 0.25) is 0 Å². The van der Waals surface area contributed by atoms with Gasteiger partial charge in [-0.05, 0) is 49.7 Å². The lowest BCUT2D eigenvalue weighted by atomic mass is 10.1. The molecule has 0 aliphatic carbocycles. The molecule has 1 N–H and O–H groups in total. The van der Waals surface area contributed by atoms with Crippen LogP contribution in [0.15, 0.2) is 67.0 Å². The molecule has 29 heavy (non-hydrogen) atoms. The van der Waals surface area contributed by atoms with E-state index in [0.717, 1.165) is 43.1 Å². The van der Waals surface area contributed by atoms with Gasteiger partial charge in [-0.25, -0.2) is 0 Å². The van der Waals surface area contributed by atoms with E-state index < -0.39 is 0 Å². The highest BCUT2D eigenvalue weighted by Crippen LogP contribution is 2.22. The minimum atomic E-state index is -0.137. The Morgan fingerprint density at radius 1 is 0.828 bits per heavy atom. The summed E-state index contributed by atoms with van der Waals surface area (Å²) in [6, 6.07) is 18.3. The van der Waals surface area contributed by atoms with Crippen molar-refractivity contribution in [3.8, 4) is 0 Å². The fourth-order valence-electron chi connectivity index (χ4n) is 3.61. The number of rotatable bonds is 4. The van der Waals surface area contributed by atoms with Gasteiger partial charge in [-0.2, -0.15) is 0 Å². The molecule has 0 radical (unpaired) electrons. The molecule has 1 aliphatic rings. The number of carbonyl (C=O) groups is 1. The first kappa shape index (κ1) is 19.0. The van der Waals surface area contributed by atoms with E-state index in [2.05, 4.69) is 51.3 Å². The maximum atomic E-state index is 12.6. The van der Waals surface area contributed by atoms with Crippen molar-refractivity contribution < 1.29 is 4.79 Å². The summed E-state index contributed by atoms with van der Waals surface area (Å²) in [5, 5.41) is 2.94. The van der Waals surface area contributed by atoms with Crippen LogP contribution in [-0.4, -0.2) is 37.1 Å². The van der Waals surface area contributed by atoms with Gasteiger partial charge >= 0.3 is 0 Å². The first-order chi connectivity index (χ1) is 14.1. The minimum absolute atomic E-state index is 0.137. The van der Waals surface area contributed by atoms with Crippen molar-refractivity contribution >= 4 is 23.0 Å². The SMILES string of the molecule is Cc1ccc(NC(=O)c2cncc(N3CCN(c4cccc(C)c4)CC3)c2)cc1. The number of aromatic nitrogens is 1. The Kier molecular flexibility index (Phi) is 5.47. The summed E-state index contributed by atoms with van der Waals surface area (Å²) in [6.07, 6.45) is 3.46. The molecule has 1 aromatic heterocycles. The fourth-order valence-corrected chi connectivity index (χ4v) is 3.61. The average Bonchev–Trinajstić information content (AvgIpc) is 2.75. The summed E-state index contributed by atoms with van der Waals surface area (Å²) < 4.78 is 0. The lowest BCUT2D eigenvalue weighted by Gasteiger charge is -2.37. The lowest BCUT2D eigenvalue weighted by Crippen LogP contribution is -2.46. The number of benzene rings is 2. The summed E-state index contributed by atoms with van der Waals surface area (Å²) >= 11 is 0. The standard InChI is InChI=1S/C24H26N4O/c1-18-6-8-21(9-7-18)26-24(29)20-15-23(17-25-16-20)28-12-10-27(11-13-28)22-5-3-4-19(2)14-22/h3-9,14-17H,10-13H2,1-2H3,(H,26,29). The Balaban J connectivity index is 1.41. The van der Waals surface area contributed by atoms with E-state index in [9.17, 15) is 4.79 Å². The number of pyridine rings is 1. The van der Waals surface area contributed by atoms with Gasteiger partial charge in [0.2, 0.25) is 0 Å². The Morgan fingerprint density at radius 2 is 1.52 bits per heavy atom. The third-order valence-corrected chi connectivity index (χ3v) is 5.31. The molecular formula is C24H26N4O. The summed E-state index contributed by atoms with van der Waals surface area (Å²) in [5.74, 6) is -0.137. The zero-order valence-corrected chi connectivity index (χ0v) is 16.9. The molecule has 1 amide bonds. The second-order valence-corrected chi connectivity index (χ2v) is 7.57. The topological polar surface area (TPSA) is 48.5 Å². The number of carbonyl (C=O) groups excluding carboxylic acids is 1. The molecule has 0 atom stereocenters. The van der Waals surface area contributed by atoms with Gasteiger partial charge in [0.1, 0.15) is 0 Å². The number of nitrogens with zero attached hydrogens (tertiary/aromatic N) is 3. The third-order valence-electron chi connectivity index (χ3n) is 5.31. The van der Waals surface area contributed by atoms with Crippen molar-refractivity contribution in [1.82, 2.24) is 4.98 Å². The van der Waals surface area contributed by atoms with Gasteiger partial charge < -0.3 is 15.1 Å². The van der Waals surface area contributed by atoms with Crippen LogP contribution in [0.3, 0.4) is 0 Å². The summed E-state index contributed by atoms with van der Waals surface area (Å²) in [6.45, 7) is 7.85. The molecule has 1 aliphatic heterocycles. The highest BCUT2D eigenvalue weighted by atomic mass is 16.1. The Hall–Kier alpha value is -3.34. The predicted octanol–water partition coefficient (Wildman–Crippen LogP) is 4.28. The van der Waals surface area contributed by atoms with Crippen LogP contribution in [0, 0.1) is 13.8 Å². The second-order valence-electron chi connectivity index (χ2n) is 7.57. The molecule has 0 unspecified atom stereocenters. The van der Waals surface area contributed by atoms with Crippen molar-refractivity contribution in [1.29, 1.82) is 0 Å². The highest BCUT2D eigenvalue weighted by molar-refractivity contribution is 6.04. The van der Waals surface area contributed by atoms with Crippen LogP contribution in [0.25, 0.3) is 0 Å². The number of piperazine rings is 1. The van der Waals surface area contributed by atoms with E-state index in [-0.39, 0.29) is 5.91 Å². The van der Waals surface area contributed by atoms with Crippen molar-refractivity contribution in [2.24, 2.45) is 0 Å². The number of hydrogen-bond donors (Lipinski definition) is 1. The lowest BCUT2D eigenvalue weighted by molar-refractivity contribution is 0.102. The Labute approximate surface area is 172 Å². The van der Waals surface area contributed by atoms with Crippen LogP contribution in [-0.2, 0) is 0 Å². The van der Waals surface area contributed by atoms with Gasteiger partial charge in [0.15, 0.2) is 0 Å². The molecule has 5 nitrogen and oxygen atoms in total. The zero-order valence-electron chi connectivity index (χ0n) is 16.9. The average molecular weight is 386 g/mol. The minimum Gasteiger partial charge on any atom is -0.368 e. The molecule has 5 heteroatoms. The maximum absolute atomic E-state index is 12.6. The first-order valence-corrected chi connectivity index (χ1v) is 9.98. The van der Waals surface area contributed by atoms with E-state index in [4.69, 9.17) is 0 Å². The van der Waals surface area contributed by atoms with Gasteiger partial charge in [0.05, 0.1) is 17.4 Å². The maximum Gasteiger partial charge on any atom is 0.257 e. The first-order valence-electron chi connectivity index (χ1n) is 9.98. The van der Waals surface area contributed by atoms with Gasteiger partial charge in [0, 0.05) is 43.8 Å². The van der Waals surface area contributed by atoms with E-state index in [1.165, 1.54) is 11.3 Å². The molecule has 0 bridgehead atoms. The summed E-state index contributed by atoms with van der Waals surface area (Å²) in [4.78, 5) is 21.6. The van der Waals surface area contributed by atoms with E-state index in [1.807, 2.05) is 43.5 Å². The monoisotopic (exact) mass is 386 g/mol. The molecule has 2 aromatic carbocycles. The van der Waals surface area contributed by atoms with Crippen LogP contribution in [0.1, 0.15) is 21.5 Å². The second kappa shape index (κ2) is 8.35. The van der Waals surface area contributed by atoms with Crippen LogP contribution >= 0.6 is 0 Å². The molecule has 0 spiro atoms. The molecular weight excluding hydrogens is 360 g/mol. The molecule has 2 heterocycles. The number of amides is 1. The third kappa shape index (κ3) is 4.57. The van der Waals surface area contributed by atoms with Crippen molar-refractivity contribution in [2.75, 3.05) is 41.3 Å².